The Morgan fingerprint density at radius 2 is 1.97 bits per heavy atom. The molecule has 150 valence electrons. The van der Waals surface area contributed by atoms with Gasteiger partial charge in [0.25, 0.3) is 11.5 Å². The van der Waals surface area contributed by atoms with Crippen LogP contribution in [0, 0.1) is 12.7 Å². The molecule has 0 atom stereocenters. The predicted molar refractivity (Wildman–Crippen MR) is 109 cm³/mol. The molecular formula is C21H19ClFN3O3. The van der Waals surface area contributed by atoms with Crippen LogP contribution < -0.4 is 15.6 Å². The van der Waals surface area contributed by atoms with Gasteiger partial charge in [-0.25, -0.2) is 9.37 Å². The molecule has 2 aromatic carbocycles. The third kappa shape index (κ3) is 5.65. The van der Waals surface area contributed by atoms with Crippen LogP contribution in [0.4, 0.5) is 4.39 Å². The van der Waals surface area contributed by atoms with Crippen LogP contribution in [0.3, 0.4) is 0 Å². The van der Waals surface area contributed by atoms with Gasteiger partial charge < -0.3 is 10.1 Å². The topological polar surface area (TPSA) is 73.2 Å². The summed E-state index contributed by atoms with van der Waals surface area (Å²) in [6.07, 6.45) is 1.40. The van der Waals surface area contributed by atoms with Crippen molar-refractivity contribution in [1.82, 2.24) is 14.9 Å². The summed E-state index contributed by atoms with van der Waals surface area (Å²) in [4.78, 5) is 28.4. The minimum absolute atomic E-state index is 0.141. The second kappa shape index (κ2) is 9.34. The smallest absolute Gasteiger partial charge is 0.258 e. The van der Waals surface area contributed by atoms with E-state index in [1.807, 2.05) is 6.92 Å². The monoisotopic (exact) mass is 415 g/mol. The first-order chi connectivity index (χ1) is 13.9. The van der Waals surface area contributed by atoms with Gasteiger partial charge in [0, 0.05) is 29.7 Å². The summed E-state index contributed by atoms with van der Waals surface area (Å²) in [5.74, 6) is -0.103. The number of hydrogen-bond acceptors (Lipinski definition) is 4. The lowest BCUT2D eigenvalue weighted by molar-refractivity contribution is -0.123. The molecule has 8 heteroatoms. The molecule has 3 aromatic rings. The van der Waals surface area contributed by atoms with Crippen molar-refractivity contribution in [3.63, 3.8) is 0 Å². The van der Waals surface area contributed by atoms with Crippen molar-refractivity contribution >= 4 is 17.5 Å². The van der Waals surface area contributed by atoms with Crippen molar-refractivity contribution in [3.05, 3.63) is 81.6 Å². The summed E-state index contributed by atoms with van der Waals surface area (Å²) in [5.41, 5.74) is 1.71. The molecule has 3 rings (SSSR count). The number of halogens is 2. The molecule has 0 radical (unpaired) electrons. The van der Waals surface area contributed by atoms with Gasteiger partial charge in [-0.1, -0.05) is 11.6 Å². The van der Waals surface area contributed by atoms with E-state index in [0.29, 0.717) is 22.0 Å². The van der Waals surface area contributed by atoms with Gasteiger partial charge in [-0.05, 0) is 55.0 Å². The Kier molecular flexibility index (Phi) is 6.61. The zero-order chi connectivity index (χ0) is 20.8. The number of hydrogen-bond donors (Lipinski definition) is 1. The molecule has 0 spiro atoms. The molecule has 1 heterocycles. The lowest BCUT2D eigenvalue weighted by Crippen LogP contribution is -2.33. The summed E-state index contributed by atoms with van der Waals surface area (Å²) in [6, 6.07) is 12.3. The maximum absolute atomic E-state index is 13.0. The normalized spacial score (nSPS) is 10.6. The summed E-state index contributed by atoms with van der Waals surface area (Å²) >= 11 is 5.95. The van der Waals surface area contributed by atoms with Crippen molar-refractivity contribution in [2.45, 2.75) is 13.5 Å². The van der Waals surface area contributed by atoms with Crippen LogP contribution in [-0.4, -0.2) is 28.6 Å². The average Bonchev–Trinajstić information content (AvgIpc) is 2.70. The quantitative estimate of drug-likeness (QED) is 0.643. The van der Waals surface area contributed by atoms with Crippen LogP contribution in [0.15, 0.2) is 59.7 Å². The standard InChI is InChI=1S/C21H19ClFN3O3/c1-14-10-17(6-7-18(14)22)29-12-20(27)24-8-9-26-13-25-19(11-21(26)28)15-2-4-16(23)5-3-15/h2-7,10-11,13H,8-9,12H2,1H3,(H,24,27). The Labute approximate surface area is 171 Å². The van der Waals surface area contributed by atoms with Gasteiger partial charge in [0.1, 0.15) is 11.6 Å². The van der Waals surface area contributed by atoms with E-state index in [2.05, 4.69) is 10.3 Å². The highest BCUT2D eigenvalue weighted by Gasteiger charge is 2.06. The van der Waals surface area contributed by atoms with E-state index in [-0.39, 0.29) is 37.0 Å². The van der Waals surface area contributed by atoms with E-state index in [0.717, 1.165) is 5.56 Å². The largest absolute Gasteiger partial charge is 0.484 e. The number of benzene rings is 2. The van der Waals surface area contributed by atoms with Crippen molar-refractivity contribution in [1.29, 1.82) is 0 Å². The summed E-state index contributed by atoms with van der Waals surface area (Å²) < 4.78 is 19.8. The Morgan fingerprint density at radius 3 is 2.66 bits per heavy atom. The maximum Gasteiger partial charge on any atom is 0.258 e. The minimum Gasteiger partial charge on any atom is -0.484 e. The van der Waals surface area contributed by atoms with Crippen molar-refractivity contribution in [3.8, 4) is 17.0 Å². The van der Waals surface area contributed by atoms with E-state index in [4.69, 9.17) is 16.3 Å². The van der Waals surface area contributed by atoms with Gasteiger partial charge in [-0.15, -0.1) is 0 Å². The fraction of sp³-hybridized carbons (Fsp3) is 0.190. The van der Waals surface area contributed by atoms with Gasteiger partial charge in [0.15, 0.2) is 6.61 Å². The number of amides is 1. The number of nitrogens with zero attached hydrogens (tertiary/aromatic N) is 2. The highest BCUT2D eigenvalue weighted by Crippen LogP contribution is 2.20. The van der Waals surface area contributed by atoms with Crippen LogP contribution in [0.2, 0.25) is 5.02 Å². The Balaban J connectivity index is 1.49. The number of rotatable bonds is 7. The zero-order valence-corrected chi connectivity index (χ0v) is 16.4. The SMILES string of the molecule is Cc1cc(OCC(=O)NCCn2cnc(-c3ccc(F)cc3)cc2=O)ccc1Cl. The number of carbonyl (C=O) groups excluding carboxylic acids is 1. The molecule has 29 heavy (non-hydrogen) atoms. The molecular weight excluding hydrogens is 397 g/mol. The molecule has 1 amide bonds. The second-order valence-corrected chi connectivity index (χ2v) is 6.77. The van der Waals surface area contributed by atoms with Gasteiger partial charge in [0.2, 0.25) is 0 Å². The molecule has 0 aliphatic carbocycles. The van der Waals surface area contributed by atoms with E-state index in [1.54, 1.807) is 30.3 Å². The molecule has 0 unspecified atom stereocenters. The first kappa shape index (κ1) is 20.5. The Morgan fingerprint density at radius 1 is 1.21 bits per heavy atom. The Hall–Kier alpha value is -3.19. The third-order valence-corrected chi connectivity index (χ3v) is 4.62. The predicted octanol–water partition coefficient (Wildman–Crippen LogP) is 3.21. The number of aryl methyl sites for hydroxylation is 1. The fourth-order valence-corrected chi connectivity index (χ4v) is 2.71. The van der Waals surface area contributed by atoms with Crippen LogP contribution >= 0.6 is 11.6 Å². The van der Waals surface area contributed by atoms with Crippen LogP contribution in [0.5, 0.6) is 5.75 Å². The number of aromatic nitrogens is 2. The molecule has 0 fully saturated rings. The molecule has 0 saturated heterocycles. The van der Waals surface area contributed by atoms with Crippen LogP contribution in [0.1, 0.15) is 5.56 Å². The molecule has 6 nitrogen and oxygen atoms in total. The lowest BCUT2D eigenvalue weighted by atomic mass is 10.1. The van der Waals surface area contributed by atoms with Gasteiger partial charge in [-0.3, -0.25) is 14.2 Å². The first-order valence-corrected chi connectivity index (χ1v) is 9.28. The average molecular weight is 416 g/mol. The highest BCUT2D eigenvalue weighted by molar-refractivity contribution is 6.31. The maximum atomic E-state index is 13.0. The molecule has 0 aliphatic heterocycles. The first-order valence-electron chi connectivity index (χ1n) is 8.90. The van der Waals surface area contributed by atoms with E-state index in [9.17, 15) is 14.0 Å². The number of carbonyl (C=O) groups is 1. The van der Waals surface area contributed by atoms with Crippen molar-refractivity contribution in [2.75, 3.05) is 13.2 Å². The van der Waals surface area contributed by atoms with Crippen molar-refractivity contribution in [2.24, 2.45) is 0 Å². The molecule has 1 aromatic heterocycles. The summed E-state index contributed by atoms with van der Waals surface area (Å²) in [6.45, 7) is 2.22. The Bertz CT molecular complexity index is 1070. The minimum atomic E-state index is -0.354. The van der Waals surface area contributed by atoms with E-state index < -0.39 is 0 Å². The highest BCUT2D eigenvalue weighted by atomic mass is 35.5. The van der Waals surface area contributed by atoms with Gasteiger partial charge in [0.05, 0.1) is 12.0 Å². The number of ether oxygens (including phenoxy) is 1. The number of nitrogens with one attached hydrogen (secondary N) is 1. The summed E-state index contributed by atoms with van der Waals surface area (Å²) in [7, 11) is 0. The van der Waals surface area contributed by atoms with Crippen LogP contribution in [0.25, 0.3) is 11.3 Å². The van der Waals surface area contributed by atoms with E-state index in [1.165, 1.54) is 29.1 Å². The zero-order valence-electron chi connectivity index (χ0n) is 15.7. The molecule has 0 bridgehead atoms. The van der Waals surface area contributed by atoms with Crippen molar-refractivity contribution < 1.29 is 13.9 Å². The van der Waals surface area contributed by atoms with Gasteiger partial charge in [-0.2, -0.15) is 0 Å². The fourth-order valence-electron chi connectivity index (χ4n) is 2.60. The molecule has 0 aliphatic rings. The van der Waals surface area contributed by atoms with Gasteiger partial charge >= 0.3 is 0 Å². The lowest BCUT2D eigenvalue weighted by Gasteiger charge is -2.10. The van der Waals surface area contributed by atoms with E-state index >= 15 is 0 Å². The summed E-state index contributed by atoms with van der Waals surface area (Å²) in [5, 5.41) is 3.32. The van der Waals surface area contributed by atoms with Crippen LogP contribution in [-0.2, 0) is 11.3 Å². The third-order valence-electron chi connectivity index (χ3n) is 4.19. The second-order valence-electron chi connectivity index (χ2n) is 6.36. The molecule has 0 saturated carbocycles. The molecule has 1 N–H and O–H groups in total.